The van der Waals surface area contributed by atoms with E-state index < -0.39 is 0 Å². The average molecular weight is 168 g/mol. The molecule has 0 aliphatic heterocycles. The van der Waals surface area contributed by atoms with Gasteiger partial charge in [0, 0.05) is 0 Å². The molecule has 0 heterocycles. The Bertz CT molecular complexity index is 145. The number of aliphatic hydroxyl groups excluding tert-OH is 1. The molecule has 0 aromatic carbocycles. The summed E-state index contributed by atoms with van der Waals surface area (Å²) in [7, 11) is 0. The number of aliphatic hydroxyl groups is 1. The van der Waals surface area contributed by atoms with E-state index in [9.17, 15) is 0 Å². The van der Waals surface area contributed by atoms with E-state index in [0.29, 0.717) is 0 Å². The summed E-state index contributed by atoms with van der Waals surface area (Å²) < 4.78 is 0. The first-order valence-corrected chi connectivity index (χ1v) is 4.75. The maximum atomic E-state index is 8.57. The summed E-state index contributed by atoms with van der Waals surface area (Å²) in [6, 6.07) is 0. The van der Waals surface area contributed by atoms with Crippen molar-refractivity contribution in [3.05, 3.63) is 23.8 Å². The van der Waals surface area contributed by atoms with Gasteiger partial charge in [0.1, 0.15) is 0 Å². The lowest BCUT2D eigenvalue weighted by Gasteiger charge is -1.92. The van der Waals surface area contributed by atoms with E-state index in [1.54, 1.807) is 0 Å². The predicted molar refractivity (Wildman–Crippen MR) is 54.1 cm³/mol. The highest BCUT2D eigenvalue weighted by atomic mass is 16.2. The van der Waals surface area contributed by atoms with Gasteiger partial charge in [-0.05, 0) is 19.8 Å². The van der Waals surface area contributed by atoms with Gasteiger partial charge in [-0.1, -0.05) is 43.6 Å². The molecule has 1 nitrogen and oxygen atoms in total. The van der Waals surface area contributed by atoms with Crippen molar-refractivity contribution in [1.82, 2.24) is 0 Å². The minimum absolute atomic E-state index is 0.144. The van der Waals surface area contributed by atoms with Gasteiger partial charge in [0.25, 0.3) is 0 Å². The molecule has 0 saturated carbocycles. The van der Waals surface area contributed by atoms with Crippen molar-refractivity contribution in [2.75, 3.05) is 6.61 Å². The van der Waals surface area contributed by atoms with E-state index in [2.05, 4.69) is 19.1 Å². The SMILES string of the molecule is CCCCC/C=C/C(C)=C\CO. The van der Waals surface area contributed by atoms with Gasteiger partial charge in [-0.25, -0.2) is 0 Å². The molecular formula is C11H20O. The van der Waals surface area contributed by atoms with E-state index in [4.69, 9.17) is 5.11 Å². The van der Waals surface area contributed by atoms with Crippen LogP contribution in [0.1, 0.15) is 39.5 Å². The van der Waals surface area contributed by atoms with Gasteiger partial charge in [0.15, 0.2) is 0 Å². The number of allylic oxidation sites excluding steroid dienone is 3. The van der Waals surface area contributed by atoms with Gasteiger partial charge < -0.3 is 5.11 Å². The lowest BCUT2D eigenvalue weighted by molar-refractivity contribution is 0.342. The van der Waals surface area contributed by atoms with Crippen LogP contribution in [0.3, 0.4) is 0 Å². The topological polar surface area (TPSA) is 20.2 Å². The molecule has 0 spiro atoms. The maximum absolute atomic E-state index is 8.57. The van der Waals surface area contributed by atoms with Crippen LogP contribution >= 0.6 is 0 Å². The lowest BCUT2D eigenvalue weighted by atomic mass is 10.2. The Morgan fingerprint density at radius 3 is 2.67 bits per heavy atom. The number of hydrogen-bond acceptors (Lipinski definition) is 1. The van der Waals surface area contributed by atoms with Crippen molar-refractivity contribution in [1.29, 1.82) is 0 Å². The first-order chi connectivity index (χ1) is 5.81. The second-order valence-corrected chi connectivity index (χ2v) is 3.03. The molecule has 1 N–H and O–H groups in total. The van der Waals surface area contributed by atoms with Gasteiger partial charge in [-0.2, -0.15) is 0 Å². The summed E-state index contributed by atoms with van der Waals surface area (Å²) in [4.78, 5) is 0. The van der Waals surface area contributed by atoms with E-state index in [0.717, 1.165) is 12.0 Å². The zero-order chi connectivity index (χ0) is 9.23. The van der Waals surface area contributed by atoms with E-state index >= 15 is 0 Å². The van der Waals surface area contributed by atoms with Crippen molar-refractivity contribution in [3.63, 3.8) is 0 Å². The normalized spacial score (nSPS) is 12.8. The first-order valence-electron chi connectivity index (χ1n) is 4.75. The van der Waals surface area contributed by atoms with Gasteiger partial charge in [-0.15, -0.1) is 0 Å². The van der Waals surface area contributed by atoms with Crippen LogP contribution in [0.25, 0.3) is 0 Å². The number of rotatable bonds is 6. The van der Waals surface area contributed by atoms with Crippen molar-refractivity contribution in [2.45, 2.75) is 39.5 Å². The largest absolute Gasteiger partial charge is 0.392 e. The molecule has 0 unspecified atom stereocenters. The molecule has 0 rings (SSSR count). The highest BCUT2D eigenvalue weighted by Gasteiger charge is 1.82. The van der Waals surface area contributed by atoms with Gasteiger partial charge in [-0.3, -0.25) is 0 Å². The molecule has 0 fully saturated rings. The van der Waals surface area contributed by atoms with Crippen molar-refractivity contribution in [3.8, 4) is 0 Å². The Morgan fingerprint density at radius 2 is 2.08 bits per heavy atom. The Balaban J connectivity index is 3.41. The molecule has 0 aliphatic rings. The van der Waals surface area contributed by atoms with Crippen LogP contribution in [0.5, 0.6) is 0 Å². The zero-order valence-electron chi connectivity index (χ0n) is 8.21. The molecule has 70 valence electrons. The van der Waals surface area contributed by atoms with Gasteiger partial charge in [0.05, 0.1) is 6.61 Å². The second-order valence-electron chi connectivity index (χ2n) is 3.03. The van der Waals surface area contributed by atoms with Crippen molar-refractivity contribution in [2.24, 2.45) is 0 Å². The molecule has 0 saturated heterocycles. The molecule has 0 aromatic heterocycles. The number of hydrogen-bond donors (Lipinski definition) is 1. The van der Waals surface area contributed by atoms with E-state index in [1.165, 1.54) is 19.3 Å². The third kappa shape index (κ3) is 7.55. The van der Waals surface area contributed by atoms with Crippen molar-refractivity contribution >= 4 is 0 Å². The predicted octanol–water partition coefficient (Wildman–Crippen LogP) is 3.06. The third-order valence-electron chi connectivity index (χ3n) is 1.77. The summed E-state index contributed by atoms with van der Waals surface area (Å²) in [6.07, 6.45) is 11.1. The second kappa shape index (κ2) is 8.54. The van der Waals surface area contributed by atoms with Crippen LogP contribution in [-0.4, -0.2) is 11.7 Å². The van der Waals surface area contributed by atoms with Crippen LogP contribution in [0.15, 0.2) is 23.8 Å². The molecule has 0 amide bonds. The molecule has 0 aromatic rings. The van der Waals surface area contributed by atoms with E-state index in [1.807, 2.05) is 13.0 Å². The smallest absolute Gasteiger partial charge is 0.0617 e. The summed E-state index contributed by atoms with van der Waals surface area (Å²) in [5.41, 5.74) is 1.15. The van der Waals surface area contributed by atoms with E-state index in [-0.39, 0.29) is 6.61 Å². The monoisotopic (exact) mass is 168 g/mol. The Labute approximate surface area is 75.8 Å². The fraction of sp³-hybridized carbons (Fsp3) is 0.636. The molecule has 12 heavy (non-hydrogen) atoms. The fourth-order valence-corrected chi connectivity index (χ4v) is 0.993. The maximum Gasteiger partial charge on any atom is 0.0617 e. The van der Waals surface area contributed by atoms with Crippen LogP contribution in [0, 0.1) is 0 Å². The standard InChI is InChI=1S/C11H20O/c1-3-4-5-6-7-8-11(2)9-10-12/h7-9,12H,3-6,10H2,1-2H3/b8-7+,11-9-. The molecular weight excluding hydrogens is 148 g/mol. The molecule has 0 atom stereocenters. The summed E-state index contributed by atoms with van der Waals surface area (Å²) >= 11 is 0. The summed E-state index contributed by atoms with van der Waals surface area (Å²) in [5.74, 6) is 0. The quantitative estimate of drug-likeness (QED) is 0.477. The van der Waals surface area contributed by atoms with Crippen LogP contribution in [0.4, 0.5) is 0 Å². The molecule has 1 heteroatoms. The molecule has 0 aliphatic carbocycles. The number of unbranched alkanes of at least 4 members (excludes halogenated alkanes) is 3. The Hall–Kier alpha value is -0.560. The first kappa shape index (κ1) is 11.4. The lowest BCUT2D eigenvalue weighted by Crippen LogP contribution is -1.76. The minimum Gasteiger partial charge on any atom is -0.392 e. The Kier molecular flexibility index (Phi) is 8.14. The fourth-order valence-electron chi connectivity index (χ4n) is 0.993. The summed E-state index contributed by atoms with van der Waals surface area (Å²) in [6.45, 7) is 4.36. The molecule has 0 bridgehead atoms. The van der Waals surface area contributed by atoms with Crippen molar-refractivity contribution < 1.29 is 5.11 Å². The van der Waals surface area contributed by atoms with Crippen LogP contribution in [0.2, 0.25) is 0 Å². The summed E-state index contributed by atoms with van der Waals surface area (Å²) in [5, 5.41) is 8.57. The highest BCUT2D eigenvalue weighted by Crippen LogP contribution is 2.02. The third-order valence-corrected chi connectivity index (χ3v) is 1.77. The van der Waals surface area contributed by atoms with Crippen LogP contribution < -0.4 is 0 Å². The highest BCUT2D eigenvalue weighted by molar-refractivity contribution is 5.15. The average Bonchev–Trinajstić information content (AvgIpc) is 2.05. The molecule has 0 radical (unpaired) electrons. The van der Waals surface area contributed by atoms with Gasteiger partial charge in [0.2, 0.25) is 0 Å². The Morgan fingerprint density at radius 1 is 1.33 bits per heavy atom. The van der Waals surface area contributed by atoms with Crippen LogP contribution in [-0.2, 0) is 0 Å². The minimum atomic E-state index is 0.144. The zero-order valence-corrected chi connectivity index (χ0v) is 8.21. The van der Waals surface area contributed by atoms with Gasteiger partial charge >= 0.3 is 0 Å².